The van der Waals surface area contributed by atoms with E-state index in [4.69, 9.17) is 5.11 Å². The number of carbonyl (C=O) groups is 1. The molecular formula is C19H17BrFN7O2. The van der Waals surface area contributed by atoms with Gasteiger partial charge in [0.25, 0.3) is 0 Å². The summed E-state index contributed by atoms with van der Waals surface area (Å²) in [5.41, 5.74) is 3.12. The molecule has 30 heavy (non-hydrogen) atoms. The number of hydrogen-bond acceptors (Lipinski definition) is 7. The van der Waals surface area contributed by atoms with Crippen molar-refractivity contribution in [1.82, 2.24) is 25.1 Å². The Bertz CT molecular complexity index is 1100. The SMILES string of the molecule is C=NN(CC(=O)O)/N=C(\C)c1ccc(-c2cn(Cc3cc(F)ccc3Br)nn2)cn1. The maximum atomic E-state index is 13.5. The van der Waals surface area contributed by atoms with Crippen LogP contribution < -0.4 is 0 Å². The predicted molar refractivity (Wildman–Crippen MR) is 113 cm³/mol. The van der Waals surface area contributed by atoms with Crippen molar-refractivity contribution in [3.63, 3.8) is 0 Å². The van der Waals surface area contributed by atoms with Crippen LogP contribution in [0.15, 0.2) is 57.4 Å². The minimum atomic E-state index is -1.07. The number of rotatable bonds is 8. The number of aromatic nitrogens is 4. The van der Waals surface area contributed by atoms with Gasteiger partial charge in [-0.25, -0.2) is 9.07 Å². The zero-order valence-corrected chi connectivity index (χ0v) is 17.5. The maximum absolute atomic E-state index is 13.5. The third-order valence-corrected chi connectivity index (χ3v) is 4.79. The lowest BCUT2D eigenvalue weighted by Crippen LogP contribution is -2.21. The highest BCUT2D eigenvalue weighted by atomic mass is 79.9. The smallest absolute Gasteiger partial charge is 0.327 e. The van der Waals surface area contributed by atoms with E-state index in [1.807, 2.05) is 0 Å². The summed E-state index contributed by atoms with van der Waals surface area (Å²) in [6.45, 7) is 4.95. The van der Waals surface area contributed by atoms with Gasteiger partial charge in [-0.15, -0.1) is 5.10 Å². The summed E-state index contributed by atoms with van der Waals surface area (Å²) in [5, 5.41) is 25.7. The van der Waals surface area contributed by atoms with E-state index in [9.17, 15) is 9.18 Å². The number of hydrazone groups is 2. The highest BCUT2D eigenvalue weighted by Gasteiger charge is 2.10. The first-order chi connectivity index (χ1) is 14.4. The fourth-order valence-electron chi connectivity index (χ4n) is 2.57. The van der Waals surface area contributed by atoms with Gasteiger partial charge in [0.2, 0.25) is 0 Å². The number of carboxylic acid groups (broad SMARTS) is 1. The van der Waals surface area contributed by atoms with Gasteiger partial charge < -0.3 is 5.11 Å². The number of nitrogens with zero attached hydrogens (tertiary/aromatic N) is 7. The van der Waals surface area contributed by atoms with Gasteiger partial charge in [0.05, 0.1) is 24.1 Å². The molecule has 1 aromatic carbocycles. The highest BCUT2D eigenvalue weighted by Crippen LogP contribution is 2.20. The fraction of sp³-hybridized carbons (Fsp3) is 0.158. The van der Waals surface area contributed by atoms with Crippen LogP contribution in [0.2, 0.25) is 0 Å². The molecule has 0 radical (unpaired) electrons. The van der Waals surface area contributed by atoms with Crippen LogP contribution in [0.4, 0.5) is 4.39 Å². The Hall–Kier alpha value is -3.47. The van der Waals surface area contributed by atoms with Gasteiger partial charge in [-0.3, -0.25) is 9.78 Å². The van der Waals surface area contributed by atoms with Gasteiger partial charge in [0, 0.05) is 23.0 Å². The molecule has 11 heteroatoms. The Morgan fingerprint density at radius 1 is 1.37 bits per heavy atom. The molecule has 1 N–H and O–H groups in total. The third kappa shape index (κ3) is 5.32. The second-order valence-corrected chi connectivity index (χ2v) is 7.07. The van der Waals surface area contributed by atoms with Crippen LogP contribution in [0.25, 0.3) is 11.3 Å². The lowest BCUT2D eigenvalue weighted by atomic mass is 10.2. The van der Waals surface area contributed by atoms with E-state index in [0.29, 0.717) is 23.6 Å². The minimum absolute atomic E-state index is 0.320. The summed E-state index contributed by atoms with van der Waals surface area (Å²) in [5.74, 6) is -1.39. The summed E-state index contributed by atoms with van der Waals surface area (Å²) in [4.78, 5) is 15.1. The second-order valence-electron chi connectivity index (χ2n) is 6.22. The van der Waals surface area contributed by atoms with Gasteiger partial charge in [0.1, 0.15) is 11.5 Å². The van der Waals surface area contributed by atoms with Crippen molar-refractivity contribution in [3.8, 4) is 11.3 Å². The van der Waals surface area contributed by atoms with Crippen molar-refractivity contribution in [3.05, 3.63) is 64.3 Å². The monoisotopic (exact) mass is 473 g/mol. The van der Waals surface area contributed by atoms with Gasteiger partial charge in [-0.1, -0.05) is 21.1 Å². The molecule has 3 rings (SSSR count). The number of pyridine rings is 1. The molecule has 2 aromatic heterocycles. The van der Waals surface area contributed by atoms with Crippen molar-refractivity contribution >= 4 is 34.3 Å². The van der Waals surface area contributed by atoms with Crippen LogP contribution in [0.5, 0.6) is 0 Å². The molecule has 9 nitrogen and oxygen atoms in total. The van der Waals surface area contributed by atoms with Crippen molar-refractivity contribution in [2.45, 2.75) is 13.5 Å². The second kappa shape index (κ2) is 9.35. The Morgan fingerprint density at radius 3 is 2.83 bits per heavy atom. The van der Waals surface area contributed by atoms with E-state index in [0.717, 1.165) is 20.7 Å². The molecular weight excluding hydrogens is 457 g/mol. The van der Waals surface area contributed by atoms with Gasteiger partial charge in [-0.05, 0) is 42.8 Å². The van der Waals surface area contributed by atoms with Crippen molar-refractivity contribution in [2.75, 3.05) is 6.54 Å². The summed E-state index contributed by atoms with van der Waals surface area (Å²) >= 11 is 3.40. The number of halogens is 2. The first kappa shape index (κ1) is 21.2. The van der Waals surface area contributed by atoms with Crippen LogP contribution in [0.1, 0.15) is 18.2 Å². The molecule has 0 spiro atoms. The molecule has 0 saturated carbocycles. The number of hydrogen-bond donors (Lipinski definition) is 1. The molecule has 0 aliphatic rings. The molecule has 2 heterocycles. The normalized spacial score (nSPS) is 11.4. The maximum Gasteiger partial charge on any atom is 0.327 e. The van der Waals surface area contributed by atoms with Gasteiger partial charge in [0.15, 0.2) is 6.54 Å². The van der Waals surface area contributed by atoms with Crippen molar-refractivity contribution < 1.29 is 14.3 Å². The van der Waals surface area contributed by atoms with E-state index in [1.165, 1.54) is 12.1 Å². The largest absolute Gasteiger partial charge is 0.480 e. The molecule has 0 saturated heterocycles. The van der Waals surface area contributed by atoms with Gasteiger partial charge >= 0.3 is 5.97 Å². The van der Waals surface area contributed by atoms with E-state index < -0.39 is 12.5 Å². The first-order valence-electron chi connectivity index (χ1n) is 8.67. The lowest BCUT2D eigenvalue weighted by Gasteiger charge is -2.10. The van der Waals surface area contributed by atoms with E-state index >= 15 is 0 Å². The zero-order valence-electron chi connectivity index (χ0n) is 15.9. The Morgan fingerprint density at radius 2 is 2.17 bits per heavy atom. The Kier molecular flexibility index (Phi) is 6.62. The average molecular weight is 474 g/mol. The van der Waals surface area contributed by atoms with Crippen LogP contribution in [-0.2, 0) is 11.3 Å². The highest BCUT2D eigenvalue weighted by molar-refractivity contribution is 9.10. The van der Waals surface area contributed by atoms with E-state index in [2.05, 4.69) is 48.1 Å². The van der Waals surface area contributed by atoms with Crippen molar-refractivity contribution in [2.24, 2.45) is 10.2 Å². The molecule has 0 bridgehead atoms. The van der Waals surface area contributed by atoms with Crippen LogP contribution in [0, 0.1) is 5.82 Å². The molecule has 0 amide bonds. The zero-order chi connectivity index (χ0) is 21.7. The molecule has 3 aromatic rings. The molecule has 0 aliphatic heterocycles. The lowest BCUT2D eigenvalue weighted by molar-refractivity contribution is -0.138. The summed E-state index contributed by atoms with van der Waals surface area (Å²) in [6.07, 6.45) is 3.36. The minimum Gasteiger partial charge on any atom is -0.480 e. The standard InChI is InChI=1S/C19H17BrFN7O2/c1-12(25-28(22-2)11-19(29)30)17-6-3-13(8-23-17)18-10-27(26-24-18)9-14-7-15(21)4-5-16(14)20/h3-8,10H,2,9,11H2,1H3,(H,29,30)/b25-12+. The number of carboxylic acids is 1. The summed E-state index contributed by atoms with van der Waals surface area (Å²) in [6, 6.07) is 8.00. The predicted octanol–water partition coefficient (Wildman–Crippen LogP) is 3.02. The average Bonchev–Trinajstić information content (AvgIpc) is 3.18. The van der Waals surface area contributed by atoms with Crippen LogP contribution in [-0.4, -0.2) is 55.1 Å². The molecule has 154 valence electrons. The molecule has 0 atom stereocenters. The molecule has 0 unspecified atom stereocenters. The number of aliphatic carboxylic acids is 1. The summed E-state index contributed by atoms with van der Waals surface area (Å²) < 4.78 is 15.9. The topological polar surface area (TPSA) is 109 Å². The quantitative estimate of drug-likeness (QED) is 0.397. The van der Waals surface area contributed by atoms with Crippen molar-refractivity contribution in [1.29, 1.82) is 0 Å². The first-order valence-corrected chi connectivity index (χ1v) is 9.47. The van der Waals surface area contributed by atoms with Crippen LogP contribution >= 0.6 is 15.9 Å². The van der Waals surface area contributed by atoms with Crippen LogP contribution in [0.3, 0.4) is 0 Å². The number of benzene rings is 1. The fourth-order valence-corrected chi connectivity index (χ4v) is 2.94. The summed E-state index contributed by atoms with van der Waals surface area (Å²) in [7, 11) is 0. The van der Waals surface area contributed by atoms with E-state index in [-0.39, 0.29) is 5.82 Å². The Labute approximate surface area is 179 Å². The Balaban J connectivity index is 1.74. The molecule has 0 aliphatic carbocycles. The third-order valence-electron chi connectivity index (χ3n) is 4.01. The van der Waals surface area contributed by atoms with Gasteiger partial charge in [-0.2, -0.15) is 15.3 Å². The molecule has 0 fully saturated rings. The van der Waals surface area contributed by atoms with E-state index in [1.54, 1.807) is 42.2 Å².